The van der Waals surface area contributed by atoms with E-state index in [2.05, 4.69) is 196 Å². The van der Waals surface area contributed by atoms with Gasteiger partial charge in [-0.15, -0.1) is 0 Å². The molecule has 0 atom stereocenters. The van der Waals surface area contributed by atoms with Crippen molar-refractivity contribution in [2.75, 3.05) is 0 Å². The molecule has 0 saturated carbocycles. The summed E-state index contributed by atoms with van der Waals surface area (Å²) in [5.41, 5.74) is 20.5. The average Bonchev–Trinajstić information content (AvgIpc) is 3.92. The van der Waals surface area contributed by atoms with E-state index < -0.39 is 0 Å². The monoisotopic (exact) mass is 790 g/mol. The van der Waals surface area contributed by atoms with Gasteiger partial charge in [-0.1, -0.05) is 159 Å². The second kappa shape index (κ2) is 10.8. The highest BCUT2D eigenvalue weighted by Crippen LogP contribution is 2.64. The van der Waals surface area contributed by atoms with Crippen molar-refractivity contribution in [2.24, 2.45) is 10.8 Å². The predicted octanol–water partition coefficient (Wildman–Crippen LogP) is 16.3. The van der Waals surface area contributed by atoms with Crippen LogP contribution in [-0.4, -0.2) is 0 Å². The topological polar surface area (TPSA) is 26.3 Å². The second-order valence-corrected chi connectivity index (χ2v) is 23.5. The van der Waals surface area contributed by atoms with Crippen LogP contribution in [0.3, 0.4) is 0 Å². The molecule has 4 aliphatic carbocycles. The lowest BCUT2D eigenvalue weighted by atomic mass is 9.59. The number of benzene rings is 5. The van der Waals surface area contributed by atoms with Gasteiger partial charge in [-0.3, -0.25) is 0 Å². The van der Waals surface area contributed by atoms with Gasteiger partial charge in [-0.05, 0) is 125 Å². The van der Waals surface area contributed by atoms with Gasteiger partial charge in [0.25, 0.3) is 0 Å². The molecule has 0 radical (unpaired) electrons. The number of fused-ring (bicyclic) bond motifs is 12. The van der Waals surface area contributed by atoms with E-state index in [1.807, 2.05) is 0 Å². The van der Waals surface area contributed by atoms with Crippen molar-refractivity contribution in [3.63, 3.8) is 0 Å². The molecule has 2 heterocycles. The molecule has 0 spiro atoms. The highest BCUT2D eigenvalue weighted by atomic mass is 16.3. The van der Waals surface area contributed by atoms with Crippen molar-refractivity contribution in [1.82, 2.24) is 0 Å². The molecule has 0 aliphatic heterocycles. The summed E-state index contributed by atoms with van der Waals surface area (Å²) >= 11 is 0. The summed E-state index contributed by atoms with van der Waals surface area (Å²) in [6.07, 6.45) is 0. The zero-order valence-electron chi connectivity index (χ0n) is 38.9. The molecule has 0 unspecified atom stereocenters. The number of hydrogen-bond acceptors (Lipinski definition) is 2. The molecule has 0 fully saturated rings. The van der Waals surface area contributed by atoms with E-state index >= 15 is 0 Å². The van der Waals surface area contributed by atoms with Crippen LogP contribution in [0.15, 0.2) is 93.8 Å². The molecule has 7 aromatic rings. The molecular weight excluding hydrogens is 729 g/mol. The van der Waals surface area contributed by atoms with Crippen molar-refractivity contribution < 1.29 is 8.83 Å². The molecule has 5 aromatic carbocycles. The maximum atomic E-state index is 6.90. The molecule has 4 aliphatic rings. The zero-order chi connectivity index (χ0) is 42.9. The maximum absolute atomic E-state index is 6.90. The van der Waals surface area contributed by atoms with Gasteiger partial charge in [-0.25, -0.2) is 0 Å². The molecule has 60 heavy (non-hydrogen) atoms. The van der Waals surface area contributed by atoms with Crippen LogP contribution < -0.4 is 0 Å². The minimum absolute atomic E-state index is 0.0529. The van der Waals surface area contributed by atoms with Crippen molar-refractivity contribution in [3.8, 4) is 44.9 Å². The molecule has 11 rings (SSSR count). The van der Waals surface area contributed by atoms with Gasteiger partial charge in [0.1, 0.15) is 22.7 Å². The summed E-state index contributed by atoms with van der Waals surface area (Å²) in [5, 5.41) is 2.42. The van der Waals surface area contributed by atoms with Crippen molar-refractivity contribution in [3.05, 3.63) is 129 Å². The first-order valence-corrected chi connectivity index (χ1v) is 22.4. The standard InChI is InChI=1S/C58H62O2/c1-51(2)41-29-36-42(30-35(41)49-47(51)37-25-31(19-23-45(37)59-49)33-17-21-39-43(27-33)55(9,10)57(13,14)53(39,5)6)52(3,4)48-38-26-32(20-24-46(38)60-50(36)48)34-18-22-40-44(28-34)56(11,12)58(15,16)54(40,7)8/h17-30H,1-16H3. The molecule has 0 saturated heterocycles. The summed E-state index contributed by atoms with van der Waals surface area (Å²) in [7, 11) is 0. The highest BCUT2D eigenvalue weighted by Gasteiger charge is 2.58. The third kappa shape index (κ3) is 4.13. The van der Waals surface area contributed by atoms with Gasteiger partial charge in [-0.2, -0.15) is 0 Å². The third-order valence-corrected chi connectivity index (χ3v) is 19.3. The predicted molar refractivity (Wildman–Crippen MR) is 252 cm³/mol. The van der Waals surface area contributed by atoms with Gasteiger partial charge >= 0.3 is 0 Å². The minimum atomic E-state index is -0.256. The van der Waals surface area contributed by atoms with Crippen LogP contribution in [-0.2, 0) is 32.5 Å². The van der Waals surface area contributed by atoms with E-state index in [-0.39, 0.29) is 43.3 Å². The molecule has 0 bridgehead atoms. The van der Waals surface area contributed by atoms with E-state index in [9.17, 15) is 0 Å². The summed E-state index contributed by atoms with van der Waals surface area (Å²) < 4.78 is 13.8. The number of furan rings is 2. The first-order chi connectivity index (χ1) is 27.8. The molecule has 2 heteroatoms. The van der Waals surface area contributed by atoms with E-state index in [0.717, 1.165) is 22.7 Å². The molecule has 2 aromatic heterocycles. The number of hydrogen-bond donors (Lipinski definition) is 0. The first-order valence-electron chi connectivity index (χ1n) is 22.4. The molecular formula is C58H62O2. The Labute approximate surface area is 357 Å². The Bertz CT molecular complexity index is 2870. The van der Waals surface area contributed by atoms with Crippen molar-refractivity contribution in [1.29, 1.82) is 0 Å². The quantitative estimate of drug-likeness (QED) is 0.174. The van der Waals surface area contributed by atoms with Crippen molar-refractivity contribution >= 4 is 21.9 Å². The molecule has 0 amide bonds. The van der Waals surface area contributed by atoms with Gasteiger partial charge in [0.15, 0.2) is 0 Å². The van der Waals surface area contributed by atoms with Crippen LogP contribution in [0, 0.1) is 10.8 Å². The highest BCUT2D eigenvalue weighted by molar-refractivity contribution is 6.01. The van der Waals surface area contributed by atoms with Gasteiger partial charge < -0.3 is 8.83 Å². The van der Waals surface area contributed by atoms with E-state index in [1.165, 1.54) is 88.7 Å². The molecule has 0 N–H and O–H groups in total. The Morgan fingerprint density at radius 2 is 0.633 bits per heavy atom. The van der Waals surface area contributed by atoms with Crippen LogP contribution in [0.5, 0.6) is 0 Å². The van der Waals surface area contributed by atoms with Crippen LogP contribution >= 0.6 is 0 Å². The summed E-state index contributed by atoms with van der Waals surface area (Å²) in [6, 6.07) is 33.0. The van der Waals surface area contributed by atoms with Crippen LogP contribution in [0.4, 0.5) is 0 Å². The summed E-state index contributed by atoms with van der Waals surface area (Å²) in [6.45, 7) is 38.6. The summed E-state index contributed by atoms with van der Waals surface area (Å²) in [5.74, 6) is 2.03. The average molecular weight is 791 g/mol. The van der Waals surface area contributed by atoms with E-state index in [0.29, 0.717) is 0 Å². The Kier molecular flexibility index (Phi) is 6.86. The van der Waals surface area contributed by atoms with Crippen LogP contribution in [0.1, 0.15) is 155 Å². The lowest BCUT2D eigenvalue weighted by Gasteiger charge is -2.44. The van der Waals surface area contributed by atoms with Gasteiger partial charge in [0, 0.05) is 43.9 Å². The van der Waals surface area contributed by atoms with Crippen LogP contribution in [0.2, 0.25) is 0 Å². The normalized spacial score (nSPS) is 21.7. The van der Waals surface area contributed by atoms with Gasteiger partial charge in [0.05, 0.1) is 0 Å². The lowest BCUT2D eigenvalue weighted by Crippen LogP contribution is -2.42. The van der Waals surface area contributed by atoms with Crippen molar-refractivity contribution in [2.45, 2.75) is 143 Å². The fourth-order valence-corrected chi connectivity index (χ4v) is 12.9. The SMILES string of the molecule is CC1(C)c2cc3c(cc2-c2oc4ccc(-c5ccc6c(c5)C(C)(C)C(C)(C)C6(C)C)cc4c21)C(C)(C)c1c-3oc2ccc(-c3ccc4c(c3)C(C)(C)C(C)(C)C4(C)C)cc12. The Balaban J connectivity index is 1.00. The summed E-state index contributed by atoms with van der Waals surface area (Å²) in [4.78, 5) is 0. The third-order valence-electron chi connectivity index (χ3n) is 19.3. The fraction of sp³-hybridized carbons (Fsp3) is 0.414. The maximum Gasteiger partial charge on any atom is 0.139 e. The molecule has 2 nitrogen and oxygen atoms in total. The Hall–Kier alpha value is -4.82. The van der Waals surface area contributed by atoms with Crippen LogP contribution in [0.25, 0.3) is 66.8 Å². The zero-order valence-corrected chi connectivity index (χ0v) is 38.9. The van der Waals surface area contributed by atoms with E-state index in [1.54, 1.807) is 0 Å². The first kappa shape index (κ1) is 38.1. The fourth-order valence-electron chi connectivity index (χ4n) is 12.9. The Morgan fingerprint density at radius 1 is 0.317 bits per heavy atom. The largest absolute Gasteiger partial charge is 0.456 e. The smallest absolute Gasteiger partial charge is 0.139 e. The Morgan fingerprint density at radius 3 is 1.00 bits per heavy atom. The number of rotatable bonds is 2. The lowest BCUT2D eigenvalue weighted by molar-refractivity contribution is 0.125. The molecule has 306 valence electrons. The van der Waals surface area contributed by atoms with Gasteiger partial charge in [0.2, 0.25) is 0 Å². The minimum Gasteiger partial charge on any atom is -0.456 e. The second-order valence-electron chi connectivity index (χ2n) is 23.5. The van der Waals surface area contributed by atoms with E-state index in [4.69, 9.17) is 8.83 Å².